The van der Waals surface area contributed by atoms with Gasteiger partial charge in [-0.15, -0.1) is 11.3 Å². The van der Waals surface area contributed by atoms with Crippen molar-refractivity contribution in [1.82, 2.24) is 20.3 Å². The minimum absolute atomic E-state index is 0.129. The lowest BCUT2D eigenvalue weighted by molar-refractivity contribution is -0.0389. The molecule has 1 aliphatic heterocycles. The van der Waals surface area contributed by atoms with Crippen molar-refractivity contribution in [3.05, 3.63) is 41.7 Å². The highest BCUT2D eigenvalue weighted by Gasteiger charge is 2.39. The van der Waals surface area contributed by atoms with Crippen LogP contribution in [0.4, 0.5) is 22.1 Å². The predicted molar refractivity (Wildman–Crippen MR) is 130 cm³/mol. The molecular weight excluding hydrogens is 454 g/mol. The zero-order valence-electron chi connectivity index (χ0n) is 18.6. The molecule has 1 saturated carbocycles. The maximum Gasteiger partial charge on any atom is 0.316 e. The van der Waals surface area contributed by atoms with E-state index in [0.717, 1.165) is 55.6 Å². The number of nitrogens with zero attached hydrogens (tertiary/aromatic N) is 3. The summed E-state index contributed by atoms with van der Waals surface area (Å²) in [7, 11) is 0. The van der Waals surface area contributed by atoms with Crippen LogP contribution in [0, 0.1) is 0 Å². The Bertz CT molecular complexity index is 1170. The Balaban J connectivity index is 1.39. The summed E-state index contributed by atoms with van der Waals surface area (Å²) in [5.41, 5.74) is 6.54. The average molecular weight is 482 g/mol. The van der Waals surface area contributed by atoms with Crippen molar-refractivity contribution in [2.45, 2.75) is 43.8 Å². The molecule has 2 amide bonds. The second-order valence-electron chi connectivity index (χ2n) is 8.61. The Kier molecular flexibility index (Phi) is 6.31. The maximum absolute atomic E-state index is 11.5. The summed E-state index contributed by atoms with van der Waals surface area (Å²) in [5, 5.41) is 20.5. The number of carbonyl (C=O) groups is 1. The fourth-order valence-electron chi connectivity index (χ4n) is 4.09. The smallest absolute Gasteiger partial charge is 0.316 e. The quantitative estimate of drug-likeness (QED) is 0.345. The Morgan fingerprint density at radius 1 is 1.21 bits per heavy atom. The highest BCUT2D eigenvalue weighted by atomic mass is 32.1. The molecule has 0 bridgehead atoms. The van der Waals surface area contributed by atoms with Crippen molar-refractivity contribution in [3.63, 3.8) is 0 Å². The number of carbonyl (C=O) groups excluding carboxylic acids is 1. The lowest BCUT2D eigenvalue weighted by Crippen LogP contribution is -2.34. The third kappa shape index (κ3) is 5.11. The second-order valence-corrected chi connectivity index (χ2v) is 9.64. The number of nitrogens with one attached hydrogen (secondary N) is 3. The molecule has 5 rings (SSSR count). The summed E-state index contributed by atoms with van der Waals surface area (Å²) < 4.78 is 6.02. The molecule has 6 N–H and O–H groups in total. The Hall–Kier alpha value is -3.28. The van der Waals surface area contributed by atoms with Gasteiger partial charge in [-0.25, -0.2) is 14.8 Å². The van der Waals surface area contributed by atoms with Crippen LogP contribution in [0.3, 0.4) is 0 Å². The minimum Gasteiger partial charge on any atom is -0.474 e. The van der Waals surface area contributed by atoms with Crippen LogP contribution in [-0.4, -0.2) is 45.3 Å². The molecule has 34 heavy (non-hydrogen) atoms. The van der Waals surface area contributed by atoms with E-state index in [4.69, 9.17) is 10.5 Å². The van der Waals surface area contributed by atoms with Crippen LogP contribution in [0.1, 0.15) is 37.1 Å². The van der Waals surface area contributed by atoms with E-state index >= 15 is 0 Å². The number of aromatic nitrogens is 3. The first-order valence-electron chi connectivity index (χ1n) is 11.3. The highest BCUT2D eigenvalue weighted by Crippen LogP contribution is 2.44. The van der Waals surface area contributed by atoms with Gasteiger partial charge in [-0.1, -0.05) is 0 Å². The first-order valence-corrected chi connectivity index (χ1v) is 12.2. The lowest BCUT2D eigenvalue weighted by Gasteiger charge is -2.34. The largest absolute Gasteiger partial charge is 0.474 e. The number of hydrogen-bond donors (Lipinski definition) is 5. The van der Waals surface area contributed by atoms with E-state index in [0.29, 0.717) is 28.2 Å². The number of urea groups is 1. The average Bonchev–Trinajstić information content (AvgIpc) is 3.29. The van der Waals surface area contributed by atoms with Gasteiger partial charge in [-0.2, -0.15) is 4.98 Å². The third-order valence-electron chi connectivity index (χ3n) is 6.03. The molecule has 0 atom stereocenters. The van der Waals surface area contributed by atoms with Crippen LogP contribution in [0.15, 0.2) is 36.7 Å². The van der Waals surface area contributed by atoms with Gasteiger partial charge in [0.2, 0.25) is 11.8 Å². The maximum atomic E-state index is 11.5. The molecule has 2 fully saturated rings. The first-order chi connectivity index (χ1) is 16.5. The van der Waals surface area contributed by atoms with Gasteiger partial charge in [0.05, 0.1) is 4.88 Å². The van der Waals surface area contributed by atoms with E-state index in [9.17, 15) is 9.90 Å². The second kappa shape index (κ2) is 9.53. The molecular formula is C23H27N7O3S. The number of ether oxygens (including phenoxy) is 1. The predicted octanol–water partition coefficient (Wildman–Crippen LogP) is 3.34. The number of piperidine rings is 1. The van der Waals surface area contributed by atoms with E-state index in [1.807, 2.05) is 12.1 Å². The number of benzene rings is 1. The molecule has 0 spiro atoms. The van der Waals surface area contributed by atoms with Crippen LogP contribution < -0.4 is 26.4 Å². The lowest BCUT2D eigenvalue weighted by atomic mass is 9.81. The fourth-order valence-corrected chi connectivity index (χ4v) is 5.13. The normalized spacial score (nSPS) is 17.6. The summed E-state index contributed by atoms with van der Waals surface area (Å²) in [6.45, 7) is 1.86. The molecule has 3 heterocycles. The molecule has 0 unspecified atom stereocenters. The van der Waals surface area contributed by atoms with Crippen LogP contribution in [0.5, 0.6) is 5.88 Å². The standard InChI is InChI=1S/C23H27N7O3S/c24-21(31)28-15-10-14(18-13-27-20(34-18)23(32)5-1-6-23)11-16(12-15)29-22-26-9-4-19(30-22)33-17-2-7-25-8-3-17/h4,9-13,17,25,32H,1-3,5-8H2,(H3,24,28,31)(H,26,29,30). The van der Waals surface area contributed by atoms with Crippen molar-refractivity contribution in [3.8, 4) is 16.3 Å². The van der Waals surface area contributed by atoms with Crippen LogP contribution in [0.2, 0.25) is 0 Å². The van der Waals surface area contributed by atoms with Gasteiger partial charge in [0.15, 0.2) is 0 Å². The number of nitrogens with two attached hydrogens (primary N) is 1. The Labute approximate surface area is 201 Å². The molecule has 0 radical (unpaired) electrons. The minimum atomic E-state index is -0.824. The van der Waals surface area contributed by atoms with E-state index in [1.54, 1.807) is 24.5 Å². The zero-order chi connectivity index (χ0) is 23.5. The highest BCUT2D eigenvalue weighted by molar-refractivity contribution is 7.15. The van der Waals surface area contributed by atoms with Gasteiger partial charge < -0.3 is 31.5 Å². The van der Waals surface area contributed by atoms with Crippen LogP contribution in [0.25, 0.3) is 10.4 Å². The van der Waals surface area contributed by atoms with Gasteiger partial charge in [0.25, 0.3) is 0 Å². The van der Waals surface area contributed by atoms with E-state index in [1.165, 1.54) is 11.3 Å². The van der Waals surface area contributed by atoms with Crippen molar-refractivity contribution in [2.75, 3.05) is 23.7 Å². The molecule has 178 valence electrons. The van der Waals surface area contributed by atoms with E-state index < -0.39 is 11.6 Å². The third-order valence-corrected chi connectivity index (χ3v) is 7.27. The number of amides is 2. The number of anilines is 3. The first kappa shape index (κ1) is 22.5. The molecule has 1 aromatic carbocycles. The monoisotopic (exact) mass is 481 g/mol. The zero-order valence-corrected chi connectivity index (χ0v) is 19.4. The summed E-state index contributed by atoms with van der Waals surface area (Å²) in [6.07, 6.45) is 7.83. The fraction of sp³-hybridized carbons (Fsp3) is 0.391. The summed E-state index contributed by atoms with van der Waals surface area (Å²) in [5.74, 6) is 0.888. The van der Waals surface area contributed by atoms with Crippen LogP contribution in [-0.2, 0) is 5.60 Å². The molecule has 2 aromatic heterocycles. The topological polar surface area (TPSA) is 147 Å². The molecule has 3 aromatic rings. The Morgan fingerprint density at radius 3 is 2.74 bits per heavy atom. The molecule has 11 heteroatoms. The van der Waals surface area contributed by atoms with E-state index in [2.05, 4.69) is 30.9 Å². The number of rotatable bonds is 7. The van der Waals surface area contributed by atoms with E-state index in [-0.39, 0.29) is 6.10 Å². The van der Waals surface area contributed by atoms with Crippen molar-refractivity contribution in [1.29, 1.82) is 0 Å². The van der Waals surface area contributed by atoms with Gasteiger partial charge in [-0.3, -0.25) is 0 Å². The van der Waals surface area contributed by atoms with Crippen LogP contribution >= 0.6 is 11.3 Å². The summed E-state index contributed by atoms with van der Waals surface area (Å²) in [4.78, 5) is 25.6. The molecule has 10 nitrogen and oxygen atoms in total. The summed E-state index contributed by atoms with van der Waals surface area (Å²) in [6, 6.07) is 6.56. The number of aliphatic hydroxyl groups is 1. The number of thiazole rings is 1. The van der Waals surface area contributed by atoms with Crippen molar-refractivity contribution >= 4 is 34.7 Å². The number of primary amides is 1. The van der Waals surface area contributed by atoms with Gasteiger partial charge >= 0.3 is 6.03 Å². The van der Waals surface area contributed by atoms with Crippen molar-refractivity contribution < 1.29 is 14.6 Å². The SMILES string of the molecule is NC(=O)Nc1cc(Nc2nccc(OC3CCNCC3)n2)cc(-c2cnc(C3(O)CCC3)s2)c1. The number of hydrogen-bond acceptors (Lipinski definition) is 9. The Morgan fingerprint density at radius 2 is 2.00 bits per heavy atom. The van der Waals surface area contributed by atoms with Gasteiger partial charge in [0, 0.05) is 29.8 Å². The summed E-state index contributed by atoms with van der Waals surface area (Å²) >= 11 is 1.44. The molecule has 2 aliphatic rings. The van der Waals surface area contributed by atoms with Gasteiger partial charge in [-0.05, 0) is 69.0 Å². The molecule has 1 aliphatic carbocycles. The van der Waals surface area contributed by atoms with Gasteiger partial charge in [0.1, 0.15) is 16.7 Å². The molecule has 1 saturated heterocycles. The van der Waals surface area contributed by atoms with Crippen molar-refractivity contribution in [2.24, 2.45) is 5.73 Å².